The second-order valence-electron chi connectivity index (χ2n) is 7.29. The lowest BCUT2D eigenvalue weighted by molar-refractivity contribution is -0.137. The molecule has 1 saturated heterocycles. The van der Waals surface area contributed by atoms with E-state index in [-0.39, 0.29) is 37.8 Å². The lowest BCUT2D eigenvalue weighted by atomic mass is 10.2. The standard InChI is InChI=1S/C22H16ClF3N2O4S2/c23-15-5-4-13(10-14(15)22(24,25)26)27-19(29)2-1-7-28-20(30)18(34-21(28)33)9-12-3-6-16-17(8-12)32-11-31-16/h3-6,8-10H,1-2,7,11H2,(H,27,29). The van der Waals surface area contributed by atoms with Crippen molar-refractivity contribution in [3.63, 3.8) is 0 Å². The minimum absolute atomic E-state index is 0.0117. The predicted molar refractivity (Wildman–Crippen MR) is 127 cm³/mol. The minimum Gasteiger partial charge on any atom is -0.454 e. The van der Waals surface area contributed by atoms with Crippen molar-refractivity contribution in [1.29, 1.82) is 0 Å². The molecule has 0 radical (unpaired) electrons. The first-order valence-corrected chi connectivity index (χ1v) is 11.5. The van der Waals surface area contributed by atoms with E-state index in [2.05, 4.69) is 5.32 Å². The van der Waals surface area contributed by atoms with Crippen LogP contribution in [0.2, 0.25) is 5.02 Å². The van der Waals surface area contributed by atoms with E-state index in [1.807, 2.05) is 0 Å². The second kappa shape index (κ2) is 9.85. The zero-order valence-electron chi connectivity index (χ0n) is 17.3. The highest BCUT2D eigenvalue weighted by Gasteiger charge is 2.34. The summed E-state index contributed by atoms with van der Waals surface area (Å²) < 4.78 is 49.9. The predicted octanol–water partition coefficient (Wildman–Crippen LogP) is 5.71. The molecule has 0 saturated carbocycles. The highest BCUT2D eigenvalue weighted by molar-refractivity contribution is 8.26. The maximum Gasteiger partial charge on any atom is 0.417 e. The van der Waals surface area contributed by atoms with Gasteiger partial charge in [-0.1, -0.05) is 41.6 Å². The Morgan fingerprint density at radius 3 is 2.74 bits per heavy atom. The number of alkyl halides is 3. The average molecular weight is 529 g/mol. The summed E-state index contributed by atoms with van der Waals surface area (Å²) in [6.45, 7) is 0.348. The van der Waals surface area contributed by atoms with Crippen LogP contribution < -0.4 is 14.8 Å². The highest BCUT2D eigenvalue weighted by atomic mass is 35.5. The van der Waals surface area contributed by atoms with Crippen LogP contribution in [0.3, 0.4) is 0 Å². The van der Waals surface area contributed by atoms with Crippen molar-refractivity contribution in [1.82, 2.24) is 4.90 Å². The molecule has 0 aliphatic carbocycles. The number of thiocarbonyl (C=S) groups is 1. The van der Waals surface area contributed by atoms with Gasteiger partial charge in [0.2, 0.25) is 12.7 Å². The van der Waals surface area contributed by atoms with Crippen LogP contribution in [-0.2, 0) is 15.8 Å². The molecule has 0 aromatic heterocycles. The zero-order chi connectivity index (χ0) is 24.5. The summed E-state index contributed by atoms with van der Waals surface area (Å²) in [6, 6.07) is 8.46. The van der Waals surface area contributed by atoms with Crippen LogP contribution in [0, 0.1) is 0 Å². The first-order chi connectivity index (χ1) is 16.1. The Kier molecular flexibility index (Phi) is 7.06. The van der Waals surface area contributed by atoms with Gasteiger partial charge in [0, 0.05) is 18.7 Å². The van der Waals surface area contributed by atoms with Crippen LogP contribution >= 0.6 is 35.6 Å². The highest BCUT2D eigenvalue weighted by Crippen LogP contribution is 2.37. The van der Waals surface area contributed by atoms with Gasteiger partial charge >= 0.3 is 6.18 Å². The number of carbonyl (C=O) groups excluding carboxylic acids is 2. The Morgan fingerprint density at radius 2 is 1.97 bits per heavy atom. The zero-order valence-corrected chi connectivity index (χ0v) is 19.7. The molecule has 12 heteroatoms. The van der Waals surface area contributed by atoms with E-state index in [1.54, 1.807) is 24.3 Å². The maximum absolute atomic E-state index is 13.0. The molecule has 6 nitrogen and oxygen atoms in total. The Labute approximate surface area is 207 Å². The van der Waals surface area contributed by atoms with E-state index in [1.165, 1.54) is 11.0 Å². The topological polar surface area (TPSA) is 67.9 Å². The van der Waals surface area contributed by atoms with Gasteiger partial charge in [-0.2, -0.15) is 13.2 Å². The molecule has 2 heterocycles. The molecule has 0 unspecified atom stereocenters. The summed E-state index contributed by atoms with van der Waals surface area (Å²) in [7, 11) is 0. The van der Waals surface area contributed by atoms with Crippen LogP contribution in [-0.4, -0.2) is 34.4 Å². The first kappa shape index (κ1) is 24.4. The van der Waals surface area contributed by atoms with Crippen LogP contribution in [0.15, 0.2) is 41.3 Å². The molecule has 0 bridgehead atoms. The normalized spacial score (nSPS) is 16.5. The second-order valence-corrected chi connectivity index (χ2v) is 9.37. The van der Waals surface area contributed by atoms with E-state index >= 15 is 0 Å². The molecule has 2 amide bonds. The van der Waals surface area contributed by atoms with Gasteiger partial charge in [-0.05, 0) is 48.4 Å². The van der Waals surface area contributed by atoms with Crippen LogP contribution in [0.4, 0.5) is 18.9 Å². The fraction of sp³-hybridized carbons (Fsp3) is 0.227. The van der Waals surface area contributed by atoms with Gasteiger partial charge in [-0.15, -0.1) is 0 Å². The summed E-state index contributed by atoms with van der Waals surface area (Å²) in [5, 5.41) is 1.97. The third-order valence-electron chi connectivity index (χ3n) is 4.91. The Bertz CT molecular complexity index is 1200. The van der Waals surface area contributed by atoms with Gasteiger partial charge < -0.3 is 14.8 Å². The van der Waals surface area contributed by atoms with Gasteiger partial charge in [0.25, 0.3) is 5.91 Å². The number of anilines is 1. The molecular formula is C22H16ClF3N2O4S2. The maximum atomic E-state index is 13.0. The molecule has 2 aliphatic rings. The van der Waals surface area contributed by atoms with Crippen molar-refractivity contribution in [2.24, 2.45) is 0 Å². The van der Waals surface area contributed by atoms with Crippen LogP contribution in [0.1, 0.15) is 24.0 Å². The van der Waals surface area contributed by atoms with Gasteiger partial charge in [-0.3, -0.25) is 14.5 Å². The lowest BCUT2D eigenvalue weighted by Crippen LogP contribution is -2.29. The van der Waals surface area contributed by atoms with Gasteiger partial charge in [-0.25, -0.2) is 0 Å². The number of carbonyl (C=O) groups is 2. The number of hydrogen-bond acceptors (Lipinski definition) is 6. The molecule has 0 atom stereocenters. The third kappa shape index (κ3) is 5.48. The van der Waals surface area contributed by atoms with E-state index in [0.717, 1.165) is 29.5 Å². The largest absolute Gasteiger partial charge is 0.454 e. The molecular weight excluding hydrogens is 513 g/mol. The molecule has 0 spiro atoms. The van der Waals surface area contributed by atoms with Crippen molar-refractivity contribution in [2.45, 2.75) is 19.0 Å². The molecule has 34 heavy (non-hydrogen) atoms. The third-order valence-corrected chi connectivity index (χ3v) is 6.62. The van der Waals surface area contributed by atoms with Crippen molar-refractivity contribution < 1.29 is 32.2 Å². The fourth-order valence-electron chi connectivity index (χ4n) is 3.29. The van der Waals surface area contributed by atoms with Crippen molar-refractivity contribution in [3.05, 3.63) is 57.5 Å². The molecule has 1 fully saturated rings. The van der Waals surface area contributed by atoms with Crippen LogP contribution in [0.5, 0.6) is 11.5 Å². The molecule has 1 N–H and O–H groups in total. The van der Waals surface area contributed by atoms with E-state index in [4.69, 9.17) is 33.3 Å². The fourth-order valence-corrected chi connectivity index (χ4v) is 4.82. The summed E-state index contributed by atoms with van der Waals surface area (Å²) in [4.78, 5) is 26.8. The van der Waals surface area contributed by atoms with E-state index < -0.39 is 22.7 Å². The first-order valence-electron chi connectivity index (χ1n) is 9.93. The summed E-state index contributed by atoms with van der Waals surface area (Å²) >= 11 is 12.0. The smallest absolute Gasteiger partial charge is 0.417 e. The van der Waals surface area contributed by atoms with Gasteiger partial charge in [0.15, 0.2) is 11.5 Å². The van der Waals surface area contributed by atoms with Gasteiger partial charge in [0.05, 0.1) is 15.5 Å². The molecule has 2 aliphatic heterocycles. The average Bonchev–Trinajstić information content (AvgIpc) is 3.33. The van der Waals surface area contributed by atoms with Crippen molar-refractivity contribution in [2.75, 3.05) is 18.7 Å². The summed E-state index contributed by atoms with van der Waals surface area (Å²) in [5.74, 6) is 0.465. The minimum atomic E-state index is -4.63. The molecule has 178 valence electrons. The summed E-state index contributed by atoms with van der Waals surface area (Å²) in [5.41, 5.74) is -0.289. The molecule has 2 aromatic carbocycles. The van der Waals surface area contributed by atoms with Gasteiger partial charge in [0.1, 0.15) is 4.32 Å². The Morgan fingerprint density at radius 1 is 1.21 bits per heavy atom. The number of fused-ring (bicyclic) bond motifs is 1. The number of thioether (sulfide) groups is 1. The number of halogens is 4. The SMILES string of the molecule is O=C(CCCN1C(=O)C(=Cc2ccc3c(c2)OCO3)SC1=S)Nc1ccc(Cl)c(C(F)(F)F)c1. The monoisotopic (exact) mass is 528 g/mol. The number of nitrogens with zero attached hydrogens (tertiary/aromatic N) is 1. The lowest BCUT2D eigenvalue weighted by Gasteiger charge is -2.14. The quantitative estimate of drug-likeness (QED) is 0.383. The van der Waals surface area contributed by atoms with Crippen LogP contribution in [0.25, 0.3) is 6.08 Å². The van der Waals surface area contributed by atoms with E-state index in [9.17, 15) is 22.8 Å². The number of rotatable bonds is 6. The number of hydrogen-bond donors (Lipinski definition) is 1. The Hall–Kier alpha value is -2.76. The van der Waals surface area contributed by atoms with E-state index in [0.29, 0.717) is 20.7 Å². The Balaban J connectivity index is 1.32. The number of nitrogens with one attached hydrogen (secondary N) is 1. The molecule has 2 aromatic rings. The number of benzene rings is 2. The molecule has 4 rings (SSSR count). The van der Waals surface area contributed by atoms with Crippen molar-refractivity contribution >= 4 is 63.5 Å². The van der Waals surface area contributed by atoms with Crippen molar-refractivity contribution in [3.8, 4) is 11.5 Å². The summed E-state index contributed by atoms with van der Waals surface area (Å²) in [6.07, 6.45) is -2.67. The number of ether oxygens (including phenoxy) is 2. The number of amides is 2.